The van der Waals surface area contributed by atoms with Crippen LogP contribution in [0, 0.1) is 18.2 Å². The number of hydrazine groups is 1. The summed E-state index contributed by atoms with van der Waals surface area (Å²) >= 11 is 10.6. The average molecular weight is 288 g/mol. The van der Waals surface area contributed by atoms with E-state index < -0.39 is 11.9 Å². The van der Waals surface area contributed by atoms with Crippen molar-refractivity contribution in [3.05, 3.63) is 23.0 Å². The van der Waals surface area contributed by atoms with Crippen molar-refractivity contribution in [2.24, 2.45) is 5.84 Å². The summed E-state index contributed by atoms with van der Waals surface area (Å²) in [6, 6.07) is 2.46. The molecule has 0 saturated heterocycles. The Kier molecular flexibility index (Phi) is 5.16. The van der Waals surface area contributed by atoms with Gasteiger partial charge in [-0.1, -0.05) is 17.5 Å². The van der Waals surface area contributed by atoms with Crippen molar-refractivity contribution < 1.29 is 9.13 Å². The predicted octanol–water partition coefficient (Wildman–Crippen LogP) is 2.04. The molecule has 0 bridgehead atoms. The molecule has 1 atom stereocenters. The Bertz CT molecular complexity index is 504. The van der Waals surface area contributed by atoms with Gasteiger partial charge < -0.3 is 15.5 Å². The molecule has 7 heteroatoms. The number of benzene rings is 1. The maximum Gasteiger partial charge on any atom is 0.185 e. The Hall–Kier alpha value is -1.55. The van der Waals surface area contributed by atoms with Gasteiger partial charge in [0.25, 0.3) is 0 Å². The van der Waals surface area contributed by atoms with Crippen molar-refractivity contribution in [1.82, 2.24) is 5.43 Å². The molecular formula is C11H11ClFN3OS. The van der Waals surface area contributed by atoms with Gasteiger partial charge in [0.2, 0.25) is 0 Å². The molecule has 4 nitrogen and oxygen atoms in total. The van der Waals surface area contributed by atoms with E-state index in [0.717, 1.165) is 6.07 Å². The maximum absolute atomic E-state index is 13.6. The highest BCUT2D eigenvalue weighted by atomic mass is 35.5. The van der Waals surface area contributed by atoms with Gasteiger partial charge in [-0.2, -0.15) is 0 Å². The van der Waals surface area contributed by atoms with Crippen LogP contribution in [0.1, 0.15) is 6.92 Å². The minimum absolute atomic E-state index is 0.0622. The highest BCUT2D eigenvalue weighted by molar-refractivity contribution is 7.80. The van der Waals surface area contributed by atoms with Crippen molar-refractivity contribution in [3.63, 3.8) is 0 Å². The van der Waals surface area contributed by atoms with Gasteiger partial charge in [-0.05, 0) is 25.2 Å². The van der Waals surface area contributed by atoms with Crippen molar-refractivity contribution in [1.29, 1.82) is 0 Å². The van der Waals surface area contributed by atoms with Crippen LogP contribution in [0.15, 0.2) is 12.1 Å². The summed E-state index contributed by atoms with van der Waals surface area (Å²) < 4.78 is 18.9. The van der Waals surface area contributed by atoms with E-state index in [0.29, 0.717) is 0 Å². The van der Waals surface area contributed by atoms with E-state index in [4.69, 9.17) is 40.8 Å². The maximum atomic E-state index is 13.6. The zero-order valence-corrected chi connectivity index (χ0v) is 11.0. The number of terminal acetylenes is 1. The lowest BCUT2D eigenvalue weighted by atomic mass is 10.2. The van der Waals surface area contributed by atoms with Crippen LogP contribution in [0.25, 0.3) is 0 Å². The molecule has 0 fully saturated rings. The third kappa shape index (κ3) is 3.74. The molecule has 0 aromatic heterocycles. The number of hydrogen-bond acceptors (Lipinski definition) is 3. The molecule has 4 N–H and O–H groups in total. The summed E-state index contributed by atoms with van der Waals surface area (Å²) in [6.45, 7) is 1.67. The molecule has 0 saturated carbocycles. The average Bonchev–Trinajstić information content (AvgIpc) is 2.34. The summed E-state index contributed by atoms with van der Waals surface area (Å²) in [5.74, 6) is 7.12. The fourth-order valence-corrected chi connectivity index (χ4v) is 1.40. The van der Waals surface area contributed by atoms with Crippen LogP contribution in [0.3, 0.4) is 0 Å². The van der Waals surface area contributed by atoms with Crippen molar-refractivity contribution in [2.75, 3.05) is 5.32 Å². The molecule has 0 aliphatic rings. The first-order chi connectivity index (χ1) is 8.47. The predicted molar refractivity (Wildman–Crippen MR) is 73.9 cm³/mol. The number of hydrogen-bond donors (Lipinski definition) is 3. The van der Waals surface area contributed by atoms with E-state index >= 15 is 0 Å². The first-order valence-electron chi connectivity index (χ1n) is 4.87. The first-order valence-corrected chi connectivity index (χ1v) is 5.66. The molecule has 0 radical (unpaired) electrons. The van der Waals surface area contributed by atoms with Crippen LogP contribution < -0.4 is 21.3 Å². The Morgan fingerprint density at radius 2 is 2.33 bits per heavy atom. The van der Waals surface area contributed by atoms with E-state index in [9.17, 15) is 4.39 Å². The van der Waals surface area contributed by atoms with Gasteiger partial charge in [0, 0.05) is 6.07 Å². The van der Waals surface area contributed by atoms with Crippen molar-refractivity contribution >= 4 is 34.6 Å². The van der Waals surface area contributed by atoms with Gasteiger partial charge in [-0.15, -0.1) is 6.42 Å². The number of halogens is 2. The van der Waals surface area contributed by atoms with E-state index in [2.05, 4.69) is 16.7 Å². The highest BCUT2D eigenvalue weighted by Gasteiger charge is 2.12. The lowest BCUT2D eigenvalue weighted by Gasteiger charge is -2.14. The summed E-state index contributed by atoms with van der Waals surface area (Å²) in [7, 11) is 0. The Morgan fingerprint density at radius 1 is 1.67 bits per heavy atom. The standard InChI is InChI=1S/C11H11ClFN3OS/c1-3-6(2)17-10-5-9(15-11(18)16-14)8(13)4-7(10)12/h1,4-6H,14H2,2H3,(H2,15,16,18). The Morgan fingerprint density at radius 3 is 2.89 bits per heavy atom. The zero-order chi connectivity index (χ0) is 13.7. The van der Waals surface area contributed by atoms with Gasteiger partial charge in [-0.25, -0.2) is 10.2 Å². The number of thiocarbonyl (C=S) groups is 1. The molecule has 0 aliphatic carbocycles. The minimum Gasteiger partial charge on any atom is -0.476 e. The quantitative estimate of drug-likeness (QED) is 0.344. The Labute approximate surface area is 115 Å². The second kappa shape index (κ2) is 6.40. The van der Waals surface area contributed by atoms with Crippen molar-refractivity contribution in [2.45, 2.75) is 13.0 Å². The van der Waals surface area contributed by atoms with Crippen LogP contribution in [-0.2, 0) is 0 Å². The fraction of sp³-hybridized carbons (Fsp3) is 0.182. The summed E-state index contributed by atoms with van der Waals surface area (Å²) in [5.41, 5.74) is 2.26. The van der Waals surface area contributed by atoms with Gasteiger partial charge in [0.1, 0.15) is 11.6 Å². The molecule has 0 spiro atoms. The van der Waals surface area contributed by atoms with Crippen LogP contribution >= 0.6 is 23.8 Å². The monoisotopic (exact) mass is 287 g/mol. The third-order valence-corrected chi connectivity index (χ3v) is 2.45. The SMILES string of the molecule is C#CC(C)Oc1cc(NC(=S)NN)c(F)cc1Cl. The second-order valence-corrected chi connectivity index (χ2v) is 4.10. The summed E-state index contributed by atoms with van der Waals surface area (Å²) in [6.07, 6.45) is 4.70. The van der Waals surface area contributed by atoms with Gasteiger partial charge >= 0.3 is 0 Å². The van der Waals surface area contributed by atoms with E-state index in [-0.39, 0.29) is 21.6 Å². The van der Waals surface area contributed by atoms with Gasteiger partial charge in [0.05, 0.1) is 10.7 Å². The highest BCUT2D eigenvalue weighted by Crippen LogP contribution is 2.31. The van der Waals surface area contributed by atoms with Crippen LogP contribution in [0.4, 0.5) is 10.1 Å². The minimum atomic E-state index is -0.585. The molecule has 0 aliphatic heterocycles. The number of ether oxygens (including phenoxy) is 1. The normalized spacial score (nSPS) is 11.3. The molecule has 1 aromatic rings. The van der Waals surface area contributed by atoms with Crippen molar-refractivity contribution in [3.8, 4) is 18.1 Å². The van der Waals surface area contributed by atoms with E-state index in [1.807, 2.05) is 0 Å². The lowest BCUT2D eigenvalue weighted by molar-refractivity contribution is 0.279. The third-order valence-electron chi connectivity index (χ3n) is 1.94. The molecule has 18 heavy (non-hydrogen) atoms. The van der Waals surface area contributed by atoms with Gasteiger partial charge in [0.15, 0.2) is 11.2 Å². The topological polar surface area (TPSA) is 59.3 Å². The summed E-state index contributed by atoms with van der Waals surface area (Å²) in [5, 5.41) is 2.73. The number of nitrogens with two attached hydrogens (primary N) is 1. The smallest absolute Gasteiger partial charge is 0.185 e. The van der Waals surface area contributed by atoms with Crippen LogP contribution in [0.5, 0.6) is 5.75 Å². The Balaban J connectivity index is 3.02. The molecule has 0 amide bonds. The lowest BCUT2D eigenvalue weighted by Crippen LogP contribution is -2.34. The molecule has 0 heterocycles. The number of anilines is 1. The number of rotatable bonds is 3. The number of nitrogens with one attached hydrogen (secondary N) is 2. The van der Waals surface area contributed by atoms with Gasteiger partial charge in [-0.3, -0.25) is 0 Å². The van der Waals surface area contributed by atoms with E-state index in [1.165, 1.54) is 6.07 Å². The molecule has 1 unspecified atom stereocenters. The zero-order valence-electron chi connectivity index (χ0n) is 9.46. The molecule has 96 valence electrons. The molecular weight excluding hydrogens is 277 g/mol. The molecule has 1 rings (SSSR count). The second-order valence-electron chi connectivity index (χ2n) is 3.29. The van der Waals surface area contributed by atoms with E-state index in [1.54, 1.807) is 6.92 Å². The summed E-state index contributed by atoms with van der Waals surface area (Å²) in [4.78, 5) is 0. The van der Waals surface area contributed by atoms with Crippen LogP contribution in [-0.4, -0.2) is 11.2 Å². The largest absolute Gasteiger partial charge is 0.476 e. The van der Waals surface area contributed by atoms with Crippen LogP contribution in [0.2, 0.25) is 5.02 Å². The fourth-order valence-electron chi connectivity index (χ4n) is 1.10. The molecule has 1 aromatic carbocycles. The first kappa shape index (κ1) is 14.5.